The molecule has 1 aliphatic heterocycles. The van der Waals surface area contributed by atoms with E-state index in [1.54, 1.807) is 98.1 Å². The normalized spacial score (nSPS) is 19.1. The van der Waals surface area contributed by atoms with Gasteiger partial charge in [-0.2, -0.15) is 0 Å². The van der Waals surface area contributed by atoms with E-state index in [1.165, 1.54) is 57.8 Å². The molecule has 4 aromatic rings. The van der Waals surface area contributed by atoms with Gasteiger partial charge in [-0.1, -0.05) is 52.3 Å². The smallest absolute Gasteiger partial charge is 0.338 e. The molecule has 0 N–H and O–H groups in total. The van der Waals surface area contributed by atoms with Crippen molar-refractivity contribution in [2.24, 2.45) is 0 Å². The predicted molar refractivity (Wildman–Crippen MR) is 216 cm³/mol. The van der Waals surface area contributed by atoms with Crippen molar-refractivity contribution < 1.29 is 61.8 Å². The van der Waals surface area contributed by atoms with E-state index >= 15 is 0 Å². The molecule has 1 saturated heterocycles. The fourth-order valence-corrected chi connectivity index (χ4v) is 5.84. The van der Waals surface area contributed by atoms with Gasteiger partial charge in [0.2, 0.25) is 0 Å². The molecule has 302 valence electrons. The Bertz CT molecular complexity index is 2080. The molecular formula is C44H41BrO13. The summed E-state index contributed by atoms with van der Waals surface area (Å²) in [4.78, 5) is 53.5. The van der Waals surface area contributed by atoms with E-state index in [2.05, 4.69) is 15.9 Å². The van der Waals surface area contributed by atoms with Gasteiger partial charge >= 0.3 is 23.9 Å². The second-order valence-electron chi connectivity index (χ2n) is 12.4. The molecule has 4 aromatic carbocycles. The average molecular weight is 858 g/mol. The molecule has 5 rings (SSSR count). The summed E-state index contributed by atoms with van der Waals surface area (Å²) in [5.74, 6) is -1.41. The Morgan fingerprint density at radius 2 is 0.983 bits per heavy atom. The molecule has 0 spiro atoms. The van der Waals surface area contributed by atoms with E-state index in [1.807, 2.05) is 0 Å². The maximum atomic E-state index is 13.6. The van der Waals surface area contributed by atoms with Gasteiger partial charge in [0.15, 0.2) is 24.6 Å². The molecule has 1 unspecified atom stereocenters. The summed E-state index contributed by atoms with van der Waals surface area (Å²) in [6.45, 7) is -0.488. The van der Waals surface area contributed by atoms with Crippen LogP contribution in [0.4, 0.5) is 0 Å². The van der Waals surface area contributed by atoms with Crippen molar-refractivity contribution in [1.82, 2.24) is 0 Å². The number of halogens is 1. The van der Waals surface area contributed by atoms with Gasteiger partial charge in [-0.15, -0.1) is 0 Å². The van der Waals surface area contributed by atoms with Gasteiger partial charge in [-0.3, -0.25) is 0 Å². The predicted octanol–water partition coefficient (Wildman–Crippen LogP) is 6.88. The summed E-state index contributed by atoms with van der Waals surface area (Å²) in [6.07, 6.45) is 0.912. The van der Waals surface area contributed by atoms with Crippen LogP contribution in [0.5, 0.6) is 17.2 Å². The lowest BCUT2D eigenvalue weighted by molar-refractivity contribution is -0.298. The molecule has 14 heteroatoms. The van der Waals surface area contributed by atoms with Crippen LogP contribution in [0.25, 0.3) is 18.2 Å². The summed E-state index contributed by atoms with van der Waals surface area (Å²) in [5.41, 5.74) is 2.16. The average Bonchev–Trinajstić information content (AvgIpc) is 3.25. The van der Waals surface area contributed by atoms with Crippen molar-refractivity contribution in [2.75, 3.05) is 35.0 Å². The molecule has 0 radical (unpaired) electrons. The number of rotatable bonds is 16. The van der Waals surface area contributed by atoms with Crippen LogP contribution in [0, 0.1) is 0 Å². The molecule has 0 saturated carbocycles. The molecule has 1 fully saturated rings. The number of ether oxygens (including phenoxy) is 9. The molecule has 0 aromatic heterocycles. The van der Waals surface area contributed by atoms with Gasteiger partial charge in [-0.25, -0.2) is 19.2 Å². The Labute approximate surface area is 343 Å². The highest BCUT2D eigenvalue weighted by atomic mass is 79.9. The summed E-state index contributed by atoms with van der Waals surface area (Å²) in [6, 6.07) is 27.1. The second-order valence-corrected chi connectivity index (χ2v) is 13.3. The largest absolute Gasteiger partial charge is 0.497 e. The Morgan fingerprint density at radius 3 is 1.41 bits per heavy atom. The zero-order valence-corrected chi connectivity index (χ0v) is 33.6. The second kappa shape index (κ2) is 21.3. The van der Waals surface area contributed by atoms with E-state index in [0.29, 0.717) is 38.4 Å². The van der Waals surface area contributed by atoms with E-state index in [0.717, 1.165) is 6.08 Å². The molecular weight excluding hydrogens is 816 g/mol. The van der Waals surface area contributed by atoms with Crippen molar-refractivity contribution in [3.05, 3.63) is 142 Å². The minimum absolute atomic E-state index is 0.149. The summed E-state index contributed by atoms with van der Waals surface area (Å²) >= 11 is 3.35. The summed E-state index contributed by atoms with van der Waals surface area (Å²) < 4.78 is 51.3. The van der Waals surface area contributed by atoms with Gasteiger partial charge in [-0.05, 0) is 95.6 Å². The Morgan fingerprint density at radius 1 is 0.552 bits per heavy atom. The van der Waals surface area contributed by atoms with Crippen LogP contribution in [0.3, 0.4) is 0 Å². The number of hydrogen-bond acceptors (Lipinski definition) is 13. The van der Waals surface area contributed by atoms with Crippen LogP contribution in [0.2, 0.25) is 0 Å². The Balaban J connectivity index is 1.45. The number of methoxy groups -OCH3 is 4. The first-order valence-corrected chi connectivity index (χ1v) is 18.6. The fraction of sp³-hybridized carbons (Fsp3) is 0.227. The third-order valence-electron chi connectivity index (χ3n) is 8.62. The van der Waals surface area contributed by atoms with E-state index in [9.17, 15) is 19.2 Å². The fourth-order valence-electron chi connectivity index (χ4n) is 5.58. The van der Waals surface area contributed by atoms with Crippen LogP contribution in [0.15, 0.2) is 120 Å². The van der Waals surface area contributed by atoms with E-state index < -0.39 is 61.2 Å². The van der Waals surface area contributed by atoms with Gasteiger partial charge in [0.25, 0.3) is 0 Å². The highest BCUT2D eigenvalue weighted by Gasteiger charge is 2.53. The van der Waals surface area contributed by atoms with Gasteiger partial charge in [0, 0.05) is 29.8 Å². The molecule has 13 nitrogen and oxygen atoms in total. The van der Waals surface area contributed by atoms with Crippen molar-refractivity contribution in [3.8, 4) is 17.2 Å². The maximum Gasteiger partial charge on any atom is 0.338 e. The zero-order valence-electron chi connectivity index (χ0n) is 32.0. The van der Waals surface area contributed by atoms with Crippen molar-refractivity contribution in [2.45, 2.75) is 30.7 Å². The molecule has 1 aliphatic rings. The van der Waals surface area contributed by atoms with Crippen LogP contribution in [0.1, 0.15) is 27.0 Å². The molecule has 5 atom stereocenters. The molecule has 0 bridgehead atoms. The van der Waals surface area contributed by atoms with Crippen LogP contribution in [-0.2, 0) is 42.8 Å². The topological polar surface area (TPSA) is 151 Å². The third kappa shape index (κ3) is 12.4. The van der Waals surface area contributed by atoms with Crippen molar-refractivity contribution >= 4 is 58.0 Å². The lowest BCUT2D eigenvalue weighted by atomic mass is 9.98. The first-order valence-electron chi connectivity index (χ1n) is 17.8. The lowest BCUT2D eigenvalue weighted by Crippen LogP contribution is -2.62. The molecule has 0 aliphatic carbocycles. The van der Waals surface area contributed by atoms with Gasteiger partial charge in [0.1, 0.15) is 30.0 Å². The first-order chi connectivity index (χ1) is 28.1. The minimum atomic E-state index is -1.54. The number of carbonyl (C=O) groups is 4. The van der Waals surface area contributed by atoms with Gasteiger partial charge < -0.3 is 42.6 Å². The number of hydrogen-bond donors (Lipinski definition) is 0. The molecule has 1 heterocycles. The monoisotopic (exact) mass is 856 g/mol. The van der Waals surface area contributed by atoms with Crippen LogP contribution < -0.4 is 14.2 Å². The maximum absolute atomic E-state index is 13.6. The van der Waals surface area contributed by atoms with E-state index in [-0.39, 0.29) is 5.56 Å². The highest BCUT2D eigenvalue weighted by Crippen LogP contribution is 2.31. The van der Waals surface area contributed by atoms with Crippen LogP contribution in [-0.4, -0.2) is 89.6 Å². The quantitative estimate of drug-likeness (QED) is 0.0655. The lowest BCUT2D eigenvalue weighted by Gasteiger charge is -2.43. The molecule has 0 amide bonds. The molecule has 58 heavy (non-hydrogen) atoms. The number of benzene rings is 4. The number of carbonyl (C=O) groups excluding carboxylic acids is 4. The Kier molecular flexibility index (Phi) is 15.8. The number of esters is 4. The highest BCUT2D eigenvalue weighted by molar-refractivity contribution is 9.10. The Hall–Kier alpha value is -6.22. The van der Waals surface area contributed by atoms with E-state index in [4.69, 9.17) is 42.6 Å². The van der Waals surface area contributed by atoms with Gasteiger partial charge in [0.05, 0.1) is 26.9 Å². The first kappa shape index (κ1) is 42.9. The summed E-state index contributed by atoms with van der Waals surface area (Å²) in [5, 5.41) is 0. The van der Waals surface area contributed by atoms with Crippen molar-refractivity contribution in [3.63, 3.8) is 0 Å². The summed E-state index contributed by atoms with van der Waals surface area (Å²) in [7, 11) is 5.91. The third-order valence-corrected chi connectivity index (χ3v) is 9.15. The van der Waals surface area contributed by atoms with Crippen molar-refractivity contribution in [1.29, 1.82) is 0 Å². The standard InChI is InChI=1S/C44H41BrO13/c1-50-33-18-5-28(6-19-33)11-24-37(46)54-27-36-40(58-43(49)31-14-16-32(45)17-15-31)41(56-38(47)25-12-29-7-20-34(51-2)21-8-29)42(44(53-4)55-36)57-39(48)26-13-30-9-22-35(52-3)23-10-30/h5-26,36,40-42,44H,27H2,1-4H3/t36-,40+,41+,42-,44?/m1/s1. The van der Waals surface area contributed by atoms with Crippen LogP contribution >= 0.6 is 15.9 Å². The minimum Gasteiger partial charge on any atom is -0.497 e. The zero-order chi connectivity index (χ0) is 41.4. The SMILES string of the molecule is COc1ccc(C=CC(=O)OC[C@H]2OC(OC)[C@H](OC(=O)C=Cc3ccc(OC)cc3)[C@@H](OC(=O)C=Cc3ccc(OC)cc3)[C@H]2OC(=O)c2ccc(Br)cc2)cc1.